The van der Waals surface area contributed by atoms with Crippen molar-refractivity contribution in [1.82, 2.24) is 14.9 Å². The predicted octanol–water partition coefficient (Wildman–Crippen LogP) is 4.43. The molecule has 0 radical (unpaired) electrons. The van der Waals surface area contributed by atoms with Crippen molar-refractivity contribution in [1.29, 1.82) is 0 Å². The molecule has 0 aliphatic carbocycles. The van der Waals surface area contributed by atoms with Crippen LogP contribution in [0, 0.1) is 6.92 Å². The number of amides is 1. The summed E-state index contributed by atoms with van der Waals surface area (Å²) in [5.74, 6) is 0.835. The van der Waals surface area contributed by atoms with Gasteiger partial charge < -0.3 is 10.2 Å². The number of rotatable bonds is 4. The van der Waals surface area contributed by atoms with Crippen molar-refractivity contribution in [2.45, 2.75) is 19.8 Å². The minimum absolute atomic E-state index is 0.114. The lowest BCUT2D eigenvalue weighted by molar-refractivity contribution is 0.0793. The Morgan fingerprint density at radius 3 is 2.37 bits per heavy atom. The van der Waals surface area contributed by atoms with Crippen molar-refractivity contribution in [3.63, 3.8) is 0 Å². The number of nitrogens with zero attached hydrogens (tertiary/aromatic N) is 3. The Hall–Kier alpha value is -3.21. The van der Waals surface area contributed by atoms with Gasteiger partial charge in [-0.2, -0.15) is 0 Å². The maximum atomic E-state index is 12.4. The highest BCUT2D eigenvalue weighted by Gasteiger charge is 2.19. The fourth-order valence-corrected chi connectivity index (χ4v) is 3.25. The Labute approximate surface area is 159 Å². The molecule has 4 rings (SSSR count). The SMILES string of the molecule is Cc1ccc(-c2cc(Nc3ccc(C(=O)N4CCCC4)cc3)ncn2)cc1. The first-order chi connectivity index (χ1) is 13.2. The number of hydrogen-bond acceptors (Lipinski definition) is 4. The summed E-state index contributed by atoms with van der Waals surface area (Å²) in [6, 6.07) is 17.7. The summed E-state index contributed by atoms with van der Waals surface area (Å²) >= 11 is 0. The van der Waals surface area contributed by atoms with E-state index in [0.29, 0.717) is 0 Å². The molecule has 3 aromatic rings. The van der Waals surface area contributed by atoms with E-state index in [1.54, 1.807) is 6.33 Å². The molecule has 2 heterocycles. The molecule has 0 atom stereocenters. The first kappa shape index (κ1) is 17.2. The Kier molecular flexibility index (Phi) is 4.83. The van der Waals surface area contributed by atoms with Crippen LogP contribution in [-0.4, -0.2) is 33.9 Å². The van der Waals surface area contributed by atoms with Gasteiger partial charge in [0.25, 0.3) is 5.91 Å². The van der Waals surface area contributed by atoms with Crippen LogP contribution in [0.1, 0.15) is 28.8 Å². The van der Waals surface area contributed by atoms with Gasteiger partial charge in [0.1, 0.15) is 12.1 Å². The van der Waals surface area contributed by atoms with E-state index in [1.807, 2.05) is 35.2 Å². The number of hydrogen-bond donors (Lipinski definition) is 1. The molecule has 1 N–H and O–H groups in total. The molecule has 136 valence electrons. The van der Waals surface area contributed by atoms with Crippen molar-refractivity contribution in [3.8, 4) is 11.3 Å². The molecule has 2 aromatic carbocycles. The summed E-state index contributed by atoms with van der Waals surface area (Å²) in [6.45, 7) is 3.79. The Morgan fingerprint density at radius 1 is 0.963 bits per heavy atom. The Bertz CT molecular complexity index is 929. The molecular weight excluding hydrogens is 336 g/mol. The molecule has 0 unspecified atom stereocenters. The lowest BCUT2D eigenvalue weighted by Gasteiger charge is -2.15. The van der Waals surface area contributed by atoms with Gasteiger partial charge in [0.05, 0.1) is 5.69 Å². The highest BCUT2D eigenvalue weighted by Crippen LogP contribution is 2.22. The maximum absolute atomic E-state index is 12.4. The lowest BCUT2D eigenvalue weighted by Crippen LogP contribution is -2.27. The molecule has 1 aliphatic heterocycles. The summed E-state index contributed by atoms with van der Waals surface area (Å²) in [5, 5.41) is 3.29. The van der Waals surface area contributed by atoms with Crippen LogP contribution in [0.25, 0.3) is 11.3 Å². The molecule has 1 aliphatic rings. The first-order valence-corrected chi connectivity index (χ1v) is 9.24. The minimum atomic E-state index is 0.114. The van der Waals surface area contributed by atoms with E-state index in [4.69, 9.17) is 0 Å². The van der Waals surface area contributed by atoms with Crippen LogP contribution in [0.3, 0.4) is 0 Å². The number of carbonyl (C=O) groups excluding carboxylic acids is 1. The van der Waals surface area contributed by atoms with Crippen molar-refractivity contribution in [3.05, 3.63) is 72.1 Å². The van der Waals surface area contributed by atoms with E-state index in [1.165, 1.54) is 5.56 Å². The molecule has 1 fully saturated rings. The fourth-order valence-electron chi connectivity index (χ4n) is 3.25. The summed E-state index contributed by atoms with van der Waals surface area (Å²) in [4.78, 5) is 23.0. The molecule has 0 saturated carbocycles. The van der Waals surface area contributed by atoms with E-state index in [0.717, 1.165) is 54.3 Å². The molecule has 0 spiro atoms. The number of aromatic nitrogens is 2. The van der Waals surface area contributed by atoms with E-state index in [2.05, 4.69) is 46.5 Å². The van der Waals surface area contributed by atoms with Crippen LogP contribution in [0.4, 0.5) is 11.5 Å². The van der Waals surface area contributed by atoms with Crippen molar-refractivity contribution < 1.29 is 4.79 Å². The van der Waals surface area contributed by atoms with Crippen LogP contribution in [0.2, 0.25) is 0 Å². The van der Waals surface area contributed by atoms with Gasteiger partial charge in [-0.1, -0.05) is 29.8 Å². The summed E-state index contributed by atoms with van der Waals surface area (Å²) in [7, 11) is 0. The topological polar surface area (TPSA) is 58.1 Å². The Morgan fingerprint density at radius 2 is 1.67 bits per heavy atom. The monoisotopic (exact) mass is 358 g/mol. The smallest absolute Gasteiger partial charge is 0.253 e. The molecule has 1 amide bonds. The van der Waals surface area contributed by atoms with Crippen molar-refractivity contribution in [2.75, 3.05) is 18.4 Å². The normalized spacial score (nSPS) is 13.6. The van der Waals surface area contributed by atoms with E-state index in [9.17, 15) is 4.79 Å². The van der Waals surface area contributed by atoms with E-state index in [-0.39, 0.29) is 5.91 Å². The predicted molar refractivity (Wildman–Crippen MR) is 107 cm³/mol. The van der Waals surface area contributed by atoms with Gasteiger partial charge >= 0.3 is 0 Å². The number of anilines is 2. The highest BCUT2D eigenvalue weighted by molar-refractivity contribution is 5.94. The maximum Gasteiger partial charge on any atom is 0.253 e. The standard InChI is InChI=1S/C22H22N4O/c1-16-4-6-17(7-5-16)20-14-21(24-15-23-20)25-19-10-8-18(9-11-19)22(27)26-12-2-3-13-26/h4-11,14-15H,2-3,12-13H2,1H3,(H,23,24,25). The zero-order valence-electron chi connectivity index (χ0n) is 15.4. The quantitative estimate of drug-likeness (QED) is 0.749. The van der Waals surface area contributed by atoms with Gasteiger partial charge in [-0.3, -0.25) is 4.79 Å². The number of benzene rings is 2. The molecule has 1 saturated heterocycles. The average molecular weight is 358 g/mol. The van der Waals surface area contributed by atoms with E-state index >= 15 is 0 Å². The largest absolute Gasteiger partial charge is 0.340 e. The second-order valence-electron chi connectivity index (χ2n) is 6.86. The molecule has 0 bridgehead atoms. The van der Waals surface area contributed by atoms with Gasteiger partial charge in [0.2, 0.25) is 0 Å². The third-order valence-corrected chi connectivity index (χ3v) is 4.81. The van der Waals surface area contributed by atoms with Crippen LogP contribution >= 0.6 is 0 Å². The zero-order chi connectivity index (χ0) is 18.6. The summed E-state index contributed by atoms with van der Waals surface area (Å²) < 4.78 is 0. The van der Waals surface area contributed by atoms with Gasteiger partial charge in [-0.05, 0) is 44.0 Å². The number of nitrogens with one attached hydrogen (secondary N) is 1. The zero-order valence-corrected chi connectivity index (χ0v) is 15.4. The fraction of sp³-hybridized carbons (Fsp3) is 0.227. The third-order valence-electron chi connectivity index (χ3n) is 4.81. The molecule has 27 heavy (non-hydrogen) atoms. The lowest BCUT2D eigenvalue weighted by atomic mass is 10.1. The van der Waals surface area contributed by atoms with Crippen LogP contribution in [0.5, 0.6) is 0 Å². The van der Waals surface area contributed by atoms with Crippen molar-refractivity contribution >= 4 is 17.4 Å². The number of carbonyl (C=O) groups is 1. The highest BCUT2D eigenvalue weighted by atomic mass is 16.2. The molecule has 5 nitrogen and oxygen atoms in total. The number of likely N-dealkylation sites (tertiary alicyclic amines) is 1. The van der Waals surface area contributed by atoms with Gasteiger partial charge in [0, 0.05) is 36.0 Å². The Balaban J connectivity index is 1.48. The second kappa shape index (κ2) is 7.58. The average Bonchev–Trinajstić information content (AvgIpc) is 3.24. The van der Waals surface area contributed by atoms with Crippen LogP contribution < -0.4 is 5.32 Å². The van der Waals surface area contributed by atoms with Crippen LogP contribution in [-0.2, 0) is 0 Å². The molecular formula is C22H22N4O. The van der Waals surface area contributed by atoms with Crippen LogP contribution in [0.15, 0.2) is 60.9 Å². The second-order valence-corrected chi connectivity index (χ2v) is 6.86. The first-order valence-electron chi connectivity index (χ1n) is 9.24. The van der Waals surface area contributed by atoms with Gasteiger partial charge in [-0.25, -0.2) is 9.97 Å². The summed E-state index contributed by atoms with van der Waals surface area (Å²) in [5.41, 5.74) is 4.76. The van der Waals surface area contributed by atoms with Gasteiger partial charge in [0.15, 0.2) is 0 Å². The number of aryl methyl sites for hydroxylation is 1. The third kappa shape index (κ3) is 3.97. The molecule has 5 heteroatoms. The van der Waals surface area contributed by atoms with Gasteiger partial charge in [-0.15, -0.1) is 0 Å². The minimum Gasteiger partial charge on any atom is -0.340 e. The molecule has 1 aromatic heterocycles. The van der Waals surface area contributed by atoms with Crippen molar-refractivity contribution in [2.24, 2.45) is 0 Å². The summed E-state index contributed by atoms with van der Waals surface area (Å²) in [6.07, 6.45) is 3.76. The van der Waals surface area contributed by atoms with E-state index < -0.39 is 0 Å².